The summed E-state index contributed by atoms with van der Waals surface area (Å²) in [5, 5.41) is 0. The maximum absolute atomic E-state index is 11.8. The number of hydrogen-bond acceptors (Lipinski definition) is 4. The number of carbonyl (C=O) groups is 2. The molecule has 0 amide bonds. The summed E-state index contributed by atoms with van der Waals surface area (Å²) in [4.78, 5) is 22.7. The van der Waals surface area contributed by atoms with E-state index in [-0.39, 0.29) is 11.3 Å². The van der Waals surface area contributed by atoms with Gasteiger partial charge in [-0.05, 0) is 18.6 Å². The fourth-order valence-corrected chi connectivity index (χ4v) is 1.47. The van der Waals surface area contributed by atoms with Crippen LogP contribution in [0.1, 0.15) is 43.5 Å². The fraction of sp³-hybridized carbons (Fsp3) is 0.429. The highest BCUT2D eigenvalue weighted by molar-refractivity contribution is 5.93. The van der Waals surface area contributed by atoms with Gasteiger partial charge in [0.2, 0.25) is 0 Å². The first-order chi connectivity index (χ1) is 8.65. The van der Waals surface area contributed by atoms with E-state index in [4.69, 9.17) is 9.47 Å². The molecule has 4 nitrogen and oxygen atoms in total. The molecule has 1 rings (SSSR count). The topological polar surface area (TPSA) is 52.6 Å². The van der Waals surface area contributed by atoms with Crippen LogP contribution in [0.3, 0.4) is 0 Å². The number of rotatable bonds is 6. The Morgan fingerprint density at radius 2 is 1.89 bits per heavy atom. The zero-order valence-electron chi connectivity index (χ0n) is 10.8. The van der Waals surface area contributed by atoms with Crippen LogP contribution in [-0.4, -0.2) is 18.5 Å². The molecular weight excluding hydrogens is 232 g/mol. The van der Waals surface area contributed by atoms with Crippen LogP contribution in [-0.2, 0) is 9.53 Å². The molecule has 0 radical (unpaired) electrons. The van der Waals surface area contributed by atoms with E-state index in [9.17, 15) is 9.59 Å². The minimum absolute atomic E-state index is 0.241. The van der Waals surface area contributed by atoms with Crippen molar-refractivity contribution in [2.75, 3.05) is 6.61 Å². The minimum Gasteiger partial charge on any atom is -0.462 e. The second-order valence-corrected chi connectivity index (χ2v) is 3.93. The van der Waals surface area contributed by atoms with Crippen molar-refractivity contribution < 1.29 is 19.1 Å². The second-order valence-electron chi connectivity index (χ2n) is 3.93. The SMILES string of the molecule is CCCCCOC(=O)c1ccccc1OC(C)=O. The van der Waals surface area contributed by atoms with Gasteiger partial charge in [-0.1, -0.05) is 31.9 Å². The zero-order chi connectivity index (χ0) is 13.4. The lowest BCUT2D eigenvalue weighted by atomic mass is 10.2. The molecule has 0 heterocycles. The summed E-state index contributed by atoms with van der Waals surface area (Å²) in [5.74, 6) is -0.672. The molecule has 0 spiro atoms. The molecule has 0 saturated heterocycles. The molecule has 1 aromatic carbocycles. The summed E-state index contributed by atoms with van der Waals surface area (Å²) >= 11 is 0. The molecule has 0 saturated carbocycles. The molecule has 0 N–H and O–H groups in total. The summed E-state index contributed by atoms with van der Waals surface area (Å²) in [6.45, 7) is 3.77. The van der Waals surface area contributed by atoms with Gasteiger partial charge in [-0.2, -0.15) is 0 Å². The Morgan fingerprint density at radius 3 is 2.56 bits per heavy atom. The van der Waals surface area contributed by atoms with Gasteiger partial charge in [0.25, 0.3) is 0 Å². The molecule has 1 aromatic rings. The van der Waals surface area contributed by atoms with Gasteiger partial charge >= 0.3 is 11.9 Å². The van der Waals surface area contributed by atoms with Gasteiger partial charge in [-0.25, -0.2) is 4.79 Å². The zero-order valence-corrected chi connectivity index (χ0v) is 10.8. The maximum Gasteiger partial charge on any atom is 0.341 e. The average Bonchev–Trinajstić information content (AvgIpc) is 2.34. The fourth-order valence-electron chi connectivity index (χ4n) is 1.47. The normalized spacial score (nSPS) is 9.89. The number of carbonyl (C=O) groups excluding carboxylic acids is 2. The van der Waals surface area contributed by atoms with Crippen LogP contribution >= 0.6 is 0 Å². The summed E-state index contributed by atoms with van der Waals surface area (Å²) in [5.41, 5.74) is 0.282. The summed E-state index contributed by atoms with van der Waals surface area (Å²) in [6.07, 6.45) is 2.94. The Kier molecular flexibility index (Phi) is 5.91. The van der Waals surface area contributed by atoms with Crippen molar-refractivity contribution in [1.29, 1.82) is 0 Å². The lowest BCUT2D eigenvalue weighted by molar-refractivity contribution is -0.131. The number of unbranched alkanes of at least 4 members (excludes halogenated alkanes) is 2. The van der Waals surface area contributed by atoms with E-state index in [1.165, 1.54) is 6.92 Å². The predicted molar refractivity (Wildman–Crippen MR) is 67.6 cm³/mol. The standard InChI is InChI=1S/C14H18O4/c1-3-4-7-10-17-14(16)12-8-5-6-9-13(12)18-11(2)15/h5-6,8-9H,3-4,7,10H2,1-2H3. The summed E-state index contributed by atoms with van der Waals surface area (Å²) < 4.78 is 10.1. The average molecular weight is 250 g/mol. The Morgan fingerprint density at radius 1 is 1.17 bits per heavy atom. The third-order valence-electron chi connectivity index (χ3n) is 2.34. The first-order valence-corrected chi connectivity index (χ1v) is 6.09. The van der Waals surface area contributed by atoms with Gasteiger partial charge in [0.1, 0.15) is 11.3 Å². The van der Waals surface area contributed by atoms with Gasteiger partial charge in [-0.15, -0.1) is 0 Å². The number of para-hydroxylation sites is 1. The van der Waals surface area contributed by atoms with E-state index in [0.29, 0.717) is 6.61 Å². The quantitative estimate of drug-likeness (QED) is 0.442. The van der Waals surface area contributed by atoms with Crippen LogP contribution in [0, 0.1) is 0 Å². The van der Waals surface area contributed by atoms with E-state index in [1.807, 2.05) is 0 Å². The smallest absolute Gasteiger partial charge is 0.341 e. The summed E-state index contributed by atoms with van der Waals surface area (Å²) in [6, 6.07) is 6.56. The lowest BCUT2D eigenvalue weighted by Gasteiger charge is -2.08. The van der Waals surface area contributed by atoms with Gasteiger partial charge in [0.05, 0.1) is 6.61 Å². The molecule has 0 atom stereocenters. The van der Waals surface area contributed by atoms with Crippen LogP contribution in [0.2, 0.25) is 0 Å². The van der Waals surface area contributed by atoms with Crippen LogP contribution in [0.25, 0.3) is 0 Å². The molecule has 0 bridgehead atoms. The molecule has 4 heteroatoms. The summed E-state index contributed by atoms with van der Waals surface area (Å²) in [7, 11) is 0. The van der Waals surface area contributed by atoms with E-state index in [1.54, 1.807) is 24.3 Å². The number of hydrogen-bond donors (Lipinski definition) is 0. The Bertz CT molecular complexity index is 412. The van der Waals surface area contributed by atoms with E-state index < -0.39 is 11.9 Å². The number of ether oxygens (including phenoxy) is 2. The molecule has 98 valence electrons. The van der Waals surface area contributed by atoms with Crippen molar-refractivity contribution in [3.8, 4) is 5.75 Å². The van der Waals surface area contributed by atoms with Crippen LogP contribution in [0.5, 0.6) is 5.75 Å². The molecule has 0 aliphatic heterocycles. The van der Waals surface area contributed by atoms with Crippen molar-refractivity contribution in [3.05, 3.63) is 29.8 Å². The molecule has 0 aliphatic rings. The minimum atomic E-state index is -0.457. The molecule has 0 aromatic heterocycles. The third-order valence-corrected chi connectivity index (χ3v) is 2.34. The van der Waals surface area contributed by atoms with Gasteiger partial charge in [0.15, 0.2) is 0 Å². The highest BCUT2D eigenvalue weighted by Crippen LogP contribution is 2.19. The van der Waals surface area contributed by atoms with Gasteiger partial charge in [0, 0.05) is 6.92 Å². The van der Waals surface area contributed by atoms with Gasteiger partial charge < -0.3 is 9.47 Å². The van der Waals surface area contributed by atoms with Crippen LogP contribution in [0.15, 0.2) is 24.3 Å². The van der Waals surface area contributed by atoms with E-state index in [0.717, 1.165) is 19.3 Å². The monoisotopic (exact) mass is 250 g/mol. The second kappa shape index (κ2) is 7.48. The van der Waals surface area contributed by atoms with Crippen molar-refractivity contribution in [1.82, 2.24) is 0 Å². The van der Waals surface area contributed by atoms with Crippen molar-refractivity contribution in [2.24, 2.45) is 0 Å². The molecule has 0 fully saturated rings. The third kappa shape index (κ3) is 4.57. The molecular formula is C14H18O4. The first kappa shape index (κ1) is 14.2. The number of benzene rings is 1. The van der Waals surface area contributed by atoms with Gasteiger partial charge in [-0.3, -0.25) is 4.79 Å². The van der Waals surface area contributed by atoms with E-state index >= 15 is 0 Å². The Labute approximate surface area is 107 Å². The number of esters is 2. The van der Waals surface area contributed by atoms with Crippen LogP contribution < -0.4 is 4.74 Å². The largest absolute Gasteiger partial charge is 0.462 e. The molecule has 0 aliphatic carbocycles. The molecule has 0 unspecified atom stereocenters. The Balaban J connectivity index is 2.63. The predicted octanol–water partition coefficient (Wildman–Crippen LogP) is 2.96. The highest BCUT2D eigenvalue weighted by atomic mass is 16.5. The highest BCUT2D eigenvalue weighted by Gasteiger charge is 2.14. The van der Waals surface area contributed by atoms with Crippen LogP contribution in [0.4, 0.5) is 0 Å². The van der Waals surface area contributed by atoms with Crippen molar-refractivity contribution >= 4 is 11.9 Å². The van der Waals surface area contributed by atoms with Crippen molar-refractivity contribution in [2.45, 2.75) is 33.1 Å². The lowest BCUT2D eigenvalue weighted by Crippen LogP contribution is -2.11. The first-order valence-electron chi connectivity index (χ1n) is 6.09. The maximum atomic E-state index is 11.8. The van der Waals surface area contributed by atoms with E-state index in [2.05, 4.69) is 6.92 Å². The van der Waals surface area contributed by atoms with Crippen molar-refractivity contribution in [3.63, 3.8) is 0 Å². The molecule has 18 heavy (non-hydrogen) atoms. The Hall–Kier alpha value is -1.84.